The quantitative estimate of drug-likeness (QED) is 0.644. The molecule has 2 aliphatic rings. The Kier molecular flexibility index (Phi) is 6.40. The number of hydrogen-bond acceptors (Lipinski definition) is 7. The second kappa shape index (κ2) is 8.85. The van der Waals surface area contributed by atoms with Gasteiger partial charge in [-0.15, -0.1) is 0 Å². The molecule has 0 bridgehead atoms. The summed E-state index contributed by atoms with van der Waals surface area (Å²) < 4.78 is 0. The number of hydrazine groups is 1. The number of carbonyl (C=O) groups excluding carboxylic acids is 3. The summed E-state index contributed by atoms with van der Waals surface area (Å²) in [6, 6.07) is 2.69. The average molecular weight is 428 g/mol. The van der Waals surface area contributed by atoms with E-state index in [2.05, 4.69) is 20.7 Å². The van der Waals surface area contributed by atoms with E-state index < -0.39 is 11.6 Å². The number of urea groups is 1. The van der Waals surface area contributed by atoms with E-state index in [0.717, 1.165) is 0 Å². The van der Waals surface area contributed by atoms with Crippen molar-refractivity contribution in [2.75, 3.05) is 20.1 Å². The molecule has 11 nitrogen and oxygen atoms in total. The summed E-state index contributed by atoms with van der Waals surface area (Å²) in [5.41, 5.74) is 2.77. The molecule has 3 heterocycles. The van der Waals surface area contributed by atoms with E-state index in [-0.39, 0.29) is 36.3 Å². The van der Waals surface area contributed by atoms with Gasteiger partial charge >= 0.3 is 6.03 Å². The van der Waals surface area contributed by atoms with Gasteiger partial charge in [-0.2, -0.15) is 5.26 Å². The lowest BCUT2D eigenvalue weighted by molar-refractivity contribution is -0.157. The van der Waals surface area contributed by atoms with E-state index in [1.165, 1.54) is 11.2 Å². The van der Waals surface area contributed by atoms with Gasteiger partial charge in [-0.3, -0.25) is 14.6 Å². The summed E-state index contributed by atoms with van der Waals surface area (Å²) in [6.45, 7) is 6.42. The molecule has 2 saturated heterocycles. The van der Waals surface area contributed by atoms with Crippen molar-refractivity contribution in [3.63, 3.8) is 0 Å². The largest absolute Gasteiger partial charge is 0.343 e. The third kappa shape index (κ3) is 4.29. The summed E-state index contributed by atoms with van der Waals surface area (Å²) in [4.78, 5) is 49.4. The Labute approximate surface area is 181 Å². The van der Waals surface area contributed by atoms with Crippen LogP contribution in [0.25, 0.3) is 0 Å². The maximum absolute atomic E-state index is 13.2. The topological polar surface area (TPSA) is 135 Å². The van der Waals surface area contributed by atoms with Crippen LogP contribution in [-0.4, -0.2) is 80.4 Å². The van der Waals surface area contributed by atoms with Gasteiger partial charge in [0, 0.05) is 32.4 Å². The smallest absolute Gasteiger partial charge is 0.334 e. The molecule has 2 aliphatic heterocycles. The molecule has 1 spiro atoms. The third-order valence-electron chi connectivity index (χ3n) is 5.94. The molecular weight excluding hydrogens is 400 g/mol. The van der Waals surface area contributed by atoms with Crippen LogP contribution >= 0.6 is 0 Å². The zero-order valence-corrected chi connectivity index (χ0v) is 18.3. The second-order valence-corrected chi connectivity index (χ2v) is 8.18. The Bertz CT molecular complexity index is 904. The minimum Gasteiger partial charge on any atom is -0.343 e. The first-order valence-corrected chi connectivity index (χ1v) is 10.3. The van der Waals surface area contributed by atoms with Gasteiger partial charge in [0.1, 0.15) is 17.6 Å². The molecule has 11 heteroatoms. The first kappa shape index (κ1) is 22.4. The molecule has 3 rings (SSSR count). The number of piperazine rings is 1. The lowest BCUT2D eigenvalue weighted by Crippen LogP contribution is -2.71. The van der Waals surface area contributed by atoms with Crippen molar-refractivity contribution >= 4 is 17.8 Å². The summed E-state index contributed by atoms with van der Waals surface area (Å²) in [5, 5.41) is 13.2. The number of hydrogen-bond donors (Lipinski definition) is 2. The SMILES string of the molecule is CC1NC(=O)C2(CCN(C(=O)N(NCc3ccnc(C#N)n3)C(C)C)CC2)N(C)C1=O. The van der Waals surface area contributed by atoms with Gasteiger partial charge in [-0.1, -0.05) is 0 Å². The van der Waals surface area contributed by atoms with Crippen LogP contribution in [0.4, 0.5) is 4.79 Å². The molecule has 2 fully saturated rings. The van der Waals surface area contributed by atoms with Crippen molar-refractivity contribution < 1.29 is 14.4 Å². The fraction of sp³-hybridized carbons (Fsp3) is 0.600. The van der Waals surface area contributed by atoms with E-state index >= 15 is 0 Å². The van der Waals surface area contributed by atoms with Crippen LogP contribution in [0.15, 0.2) is 12.3 Å². The Morgan fingerprint density at radius 3 is 2.71 bits per heavy atom. The first-order chi connectivity index (χ1) is 14.7. The van der Waals surface area contributed by atoms with Crippen molar-refractivity contribution in [3.05, 3.63) is 23.8 Å². The molecule has 0 aromatic carbocycles. The van der Waals surface area contributed by atoms with E-state index in [1.807, 2.05) is 19.9 Å². The van der Waals surface area contributed by atoms with Crippen LogP contribution < -0.4 is 10.7 Å². The highest BCUT2D eigenvalue weighted by molar-refractivity contribution is 5.99. The monoisotopic (exact) mass is 428 g/mol. The van der Waals surface area contributed by atoms with Crippen LogP contribution in [0.1, 0.15) is 45.1 Å². The Morgan fingerprint density at radius 2 is 2.10 bits per heavy atom. The molecule has 31 heavy (non-hydrogen) atoms. The predicted molar refractivity (Wildman–Crippen MR) is 110 cm³/mol. The predicted octanol–water partition coefficient (Wildman–Crippen LogP) is -0.00542. The third-order valence-corrected chi connectivity index (χ3v) is 5.94. The Balaban J connectivity index is 1.65. The number of likely N-dealkylation sites (N-methyl/N-ethyl adjacent to an activating group) is 1. The number of likely N-dealkylation sites (tertiary alicyclic amines) is 1. The number of aromatic nitrogens is 2. The highest BCUT2D eigenvalue weighted by Gasteiger charge is 2.51. The Morgan fingerprint density at radius 1 is 1.42 bits per heavy atom. The Hall–Kier alpha value is -3.26. The number of amides is 4. The standard InChI is InChI=1S/C20H28N8O3/c1-13(2)28(23-12-15-5-8-22-16(11-21)25-15)19(31)27-9-6-20(7-10-27)18(30)24-14(3)17(29)26(20)4/h5,8,13-14,23H,6-7,9-10,12H2,1-4H3,(H,24,30). The molecular formula is C20H28N8O3. The molecule has 0 radical (unpaired) electrons. The van der Waals surface area contributed by atoms with Crippen LogP contribution in [0, 0.1) is 11.3 Å². The summed E-state index contributed by atoms with van der Waals surface area (Å²) >= 11 is 0. The molecule has 4 amide bonds. The number of nitrogens with zero attached hydrogens (tertiary/aromatic N) is 6. The van der Waals surface area contributed by atoms with Crippen molar-refractivity contribution in [3.8, 4) is 6.07 Å². The molecule has 1 aromatic rings. The van der Waals surface area contributed by atoms with E-state index in [1.54, 1.807) is 29.8 Å². The zero-order chi connectivity index (χ0) is 22.8. The fourth-order valence-corrected chi connectivity index (χ4v) is 4.01. The van der Waals surface area contributed by atoms with Crippen LogP contribution in [0.3, 0.4) is 0 Å². The van der Waals surface area contributed by atoms with Crippen LogP contribution in [0.2, 0.25) is 0 Å². The van der Waals surface area contributed by atoms with Gasteiger partial charge in [-0.25, -0.2) is 20.2 Å². The van der Waals surface area contributed by atoms with E-state index in [0.29, 0.717) is 31.6 Å². The molecule has 1 atom stereocenters. The summed E-state index contributed by atoms with van der Waals surface area (Å²) in [5.74, 6) is -0.210. The van der Waals surface area contributed by atoms with E-state index in [9.17, 15) is 14.4 Å². The summed E-state index contributed by atoms with van der Waals surface area (Å²) in [6.07, 6.45) is 2.26. The number of rotatable bonds is 4. The van der Waals surface area contributed by atoms with Gasteiger partial charge in [0.05, 0.1) is 12.2 Å². The highest BCUT2D eigenvalue weighted by Crippen LogP contribution is 2.32. The zero-order valence-electron chi connectivity index (χ0n) is 18.3. The molecule has 1 unspecified atom stereocenters. The number of carbonyl (C=O) groups is 3. The van der Waals surface area contributed by atoms with Crippen LogP contribution in [-0.2, 0) is 16.1 Å². The number of nitrogens with one attached hydrogen (secondary N) is 2. The van der Waals surface area contributed by atoms with Gasteiger partial charge < -0.3 is 15.1 Å². The van der Waals surface area contributed by atoms with Crippen LogP contribution in [0.5, 0.6) is 0 Å². The highest BCUT2D eigenvalue weighted by atomic mass is 16.2. The first-order valence-electron chi connectivity index (χ1n) is 10.3. The van der Waals surface area contributed by atoms with Gasteiger partial charge in [-0.05, 0) is 39.7 Å². The molecule has 2 N–H and O–H groups in total. The second-order valence-electron chi connectivity index (χ2n) is 8.18. The maximum atomic E-state index is 13.2. The van der Waals surface area contributed by atoms with Gasteiger partial charge in [0.25, 0.3) is 0 Å². The maximum Gasteiger partial charge on any atom is 0.334 e. The lowest BCUT2D eigenvalue weighted by atomic mass is 9.82. The van der Waals surface area contributed by atoms with E-state index in [4.69, 9.17) is 5.26 Å². The minimum absolute atomic E-state index is 0.0711. The molecule has 166 valence electrons. The van der Waals surface area contributed by atoms with Gasteiger partial charge in [0.2, 0.25) is 17.6 Å². The average Bonchev–Trinajstić information content (AvgIpc) is 2.77. The van der Waals surface area contributed by atoms with Crippen molar-refractivity contribution in [1.82, 2.24) is 35.5 Å². The molecule has 1 aromatic heterocycles. The van der Waals surface area contributed by atoms with Gasteiger partial charge in [0.15, 0.2) is 0 Å². The molecule has 0 aliphatic carbocycles. The minimum atomic E-state index is -0.912. The lowest BCUT2D eigenvalue weighted by Gasteiger charge is -2.50. The summed E-state index contributed by atoms with van der Waals surface area (Å²) in [7, 11) is 1.66. The fourth-order valence-electron chi connectivity index (χ4n) is 4.01. The van der Waals surface area contributed by atoms with Crippen molar-refractivity contribution in [2.45, 2.75) is 57.8 Å². The normalized spacial score (nSPS) is 20.6. The van der Waals surface area contributed by atoms with Crippen molar-refractivity contribution in [1.29, 1.82) is 5.26 Å². The number of nitriles is 1. The van der Waals surface area contributed by atoms with Crippen molar-refractivity contribution in [2.24, 2.45) is 0 Å². The number of piperidine rings is 1. The molecule has 0 saturated carbocycles.